The molecule has 0 spiro atoms. The molecule has 2 aliphatic heterocycles. The predicted molar refractivity (Wildman–Crippen MR) is 104 cm³/mol. The molecule has 1 fully saturated rings. The average molecular weight is 444 g/mol. The minimum atomic E-state index is -1.48. The first-order valence-corrected chi connectivity index (χ1v) is 9.62. The van der Waals surface area contributed by atoms with Crippen molar-refractivity contribution in [3.05, 3.63) is 46.8 Å². The van der Waals surface area contributed by atoms with Crippen LogP contribution < -0.4 is 0 Å². The van der Waals surface area contributed by atoms with E-state index in [1.54, 1.807) is 12.1 Å². The zero-order chi connectivity index (χ0) is 23.6. The second kappa shape index (κ2) is 9.15. The van der Waals surface area contributed by atoms with Gasteiger partial charge in [-0.2, -0.15) is 0 Å². The molecule has 32 heavy (non-hydrogen) atoms. The van der Waals surface area contributed by atoms with E-state index in [4.69, 9.17) is 25.5 Å². The molecule has 0 aliphatic carbocycles. The first kappa shape index (κ1) is 22.9. The summed E-state index contributed by atoms with van der Waals surface area (Å²) < 4.78 is 21.3. The highest BCUT2D eigenvalue weighted by atomic mass is 16.6. The van der Waals surface area contributed by atoms with Gasteiger partial charge in [-0.1, -0.05) is 12.1 Å². The van der Waals surface area contributed by atoms with Gasteiger partial charge in [0.25, 0.3) is 11.8 Å². The first-order chi connectivity index (χ1) is 15.1. The smallest absolute Gasteiger partial charge is 0.353 e. The lowest BCUT2D eigenvalue weighted by atomic mass is 9.94. The van der Waals surface area contributed by atoms with Crippen molar-refractivity contribution in [1.82, 2.24) is 4.90 Å². The molecule has 0 saturated carbocycles. The van der Waals surface area contributed by atoms with Gasteiger partial charge in [-0.3, -0.25) is 38.5 Å². The Kier molecular flexibility index (Phi) is 6.55. The van der Waals surface area contributed by atoms with Gasteiger partial charge < -0.3 is 14.2 Å². The van der Waals surface area contributed by atoms with Crippen molar-refractivity contribution >= 4 is 29.7 Å². The maximum atomic E-state index is 13.1. The van der Waals surface area contributed by atoms with E-state index in [1.165, 1.54) is 12.1 Å². The third-order valence-corrected chi connectivity index (χ3v) is 4.94. The summed E-state index contributed by atoms with van der Waals surface area (Å²) in [5.41, 5.74) is 0.239. The third kappa shape index (κ3) is 4.31. The van der Waals surface area contributed by atoms with Gasteiger partial charge in [-0.15, -0.1) is 0 Å². The fraction of sp³-hybridized carbons (Fsp3) is 0.429. The molecule has 0 radical (unpaired) electrons. The van der Waals surface area contributed by atoms with E-state index in [1.807, 2.05) is 0 Å². The Balaban J connectivity index is 2.07. The average Bonchev–Trinajstić information content (AvgIpc) is 2.98. The van der Waals surface area contributed by atoms with E-state index < -0.39 is 66.9 Å². The maximum absolute atomic E-state index is 13.1. The monoisotopic (exact) mass is 444 g/mol. The van der Waals surface area contributed by atoms with Gasteiger partial charge in [-0.05, 0) is 12.1 Å². The van der Waals surface area contributed by atoms with Crippen molar-refractivity contribution in [1.29, 1.82) is 0 Å². The number of benzene rings is 1. The number of esters is 3. The number of nitrogens with zero attached hydrogens (tertiary/aromatic N) is 2. The number of rotatable bonds is 5. The van der Waals surface area contributed by atoms with Gasteiger partial charge in [0, 0.05) is 20.8 Å². The van der Waals surface area contributed by atoms with E-state index in [0.29, 0.717) is 0 Å². The highest BCUT2D eigenvalue weighted by Gasteiger charge is 2.59. The van der Waals surface area contributed by atoms with E-state index >= 15 is 0 Å². The molecule has 0 aromatic heterocycles. The Morgan fingerprint density at radius 3 is 1.97 bits per heavy atom. The fourth-order valence-electron chi connectivity index (χ4n) is 3.76. The molecule has 0 bridgehead atoms. The van der Waals surface area contributed by atoms with Crippen molar-refractivity contribution in [2.75, 3.05) is 6.61 Å². The van der Waals surface area contributed by atoms with E-state index in [9.17, 15) is 24.0 Å². The minimum absolute atomic E-state index is 0.119. The van der Waals surface area contributed by atoms with Crippen molar-refractivity contribution in [3.8, 4) is 0 Å². The number of fused-ring (bicyclic) bond motifs is 1. The van der Waals surface area contributed by atoms with E-state index in [-0.39, 0.29) is 11.1 Å². The van der Waals surface area contributed by atoms with Crippen LogP contribution >= 0.6 is 0 Å². The van der Waals surface area contributed by atoms with Crippen molar-refractivity contribution < 1.29 is 42.9 Å². The normalized spacial score (nSPS) is 26.7. The summed E-state index contributed by atoms with van der Waals surface area (Å²) in [7, 11) is 0. The van der Waals surface area contributed by atoms with Gasteiger partial charge in [-0.25, -0.2) is 6.57 Å². The highest BCUT2D eigenvalue weighted by Crippen LogP contribution is 2.35. The number of carbonyl (C=O) groups is 5. The summed E-state index contributed by atoms with van der Waals surface area (Å²) in [5.74, 6) is -3.63. The lowest BCUT2D eigenvalue weighted by molar-refractivity contribution is -0.223. The van der Waals surface area contributed by atoms with Crippen LogP contribution in [0.4, 0.5) is 0 Å². The third-order valence-electron chi connectivity index (χ3n) is 4.94. The summed E-state index contributed by atoms with van der Waals surface area (Å²) in [6.45, 7) is 10.5. The van der Waals surface area contributed by atoms with Crippen LogP contribution in [0.25, 0.3) is 4.85 Å². The Morgan fingerprint density at radius 1 is 0.969 bits per heavy atom. The van der Waals surface area contributed by atoms with Crippen molar-refractivity contribution in [3.63, 3.8) is 0 Å². The second-order valence-electron chi connectivity index (χ2n) is 7.16. The van der Waals surface area contributed by atoms with Crippen LogP contribution in [-0.4, -0.2) is 71.8 Å². The Labute approximate surface area is 183 Å². The Hall–Kier alpha value is -3.78. The molecular weight excluding hydrogens is 424 g/mol. The number of amides is 2. The number of hydrogen-bond donors (Lipinski definition) is 0. The molecule has 3 rings (SSSR count). The molecule has 2 amide bonds. The van der Waals surface area contributed by atoms with Crippen molar-refractivity contribution in [2.45, 2.75) is 51.4 Å². The molecular formula is C21H20N2O9. The molecule has 11 heteroatoms. The zero-order valence-electron chi connectivity index (χ0n) is 17.5. The minimum Gasteiger partial charge on any atom is -0.463 e. The molecule has 1 saturated heterocycles. The van der Waals surface area contributed by atoms with Crippen LogP contribution in [0.5, 0.6) is 0 Å². The second-order valence-corrected chi connectivity index (χ2v) is 7.16. The Morgan fingerprint density at radius 2 is 1.50 bits per heavy atom. The van der Waals surface area contributed by atoms with Crippen LogP contribution in [0.3, 0.4) is 0 Å². The topological polar surface area (TPSA) is 130 Å². The highest BCUT2D eigenvalue weighted by molar-refractivity contribution is 6.21. The molecule has 168 valence electrons. The molecule has 2 heterocycles. The lowest BCUT2D eigenvalue weighted by Gasteiger charge is -2.43. The quantitative estimate of drug-likeness (QED) is 0.279. The fourth-order valence-corrected chi connectivity index (χ4v) is 3.76. The van der Waals surface area contributed by atoms with Crippen LogP contribution in [-0.2, 0) is 33.3 Å². The number of carbonyl (C=O) groups excluding carboxylic acids is 5. The number of hydrogen-bond acceptors (Lipinski definition) is 9. The Bertz CT molecular complexity index is 980. The van der Waals surface area contributed by atoms with Crippen LogP contribution in [0.2, 0.25) is 0 Å². The number of imide groups is 1. The van der Waals surface area contributed by atoms with Gasteiger partial charge in [0.05, 0.1) is 11.1 Å². The van der Waals surface area contributed by atoms with E-state index in [2.05, 4.69) is 4.85 Å². The summed E-state index contributed by atoms with van der Waals surface area (Å²) >= 11 is 0. The lowest BCUT2D eigenvalue weighted by Crippen LogP contribution is -2.66. The summed E-state index contributed by atoms with van der Waals surface area (Å²) in [6.07, 6.45) is -5.46. The molecule has 2 aliphatic rings. The molecule has 5 atom stereocenters. The molecule has 0 unspecified atom stereocenters. The summed E-state index contributed by atoms with van der Waals surface area (Å²) in [4.78, 5) is 65.2. The zero-order valence-corrected chi connectivity index (χ0v) is 17.5. The van der Waals surface area contributed by atoms with Crippen LogP contribution in [0.15, 0.2) is 24.3 Å². The van der Waals surface area contributed by atoms with Crippen LogP contribution in [0, 0.1) is 6.57 Å². The molecule has 1 aromatic carbocycles. The van der Waals surface area contributed by atoms with Gasteiger partial charge in [0.1, 0.15) is 12.7 Å². The van der Waals surface area contributed by atoms with Crippen LogP contribution in [0.1, 0.15) is 41.5 Å². The van der Waals surface area contributed by atoms with Gasteiger partial charge in [0.2, 0.25) is 0 Å². The van der Waals surface area contributed by atoms with E-state index in [0.717, 1.165) is 25.7 Å². The largest absolute Gasteiger partial charge is 0.463 e. The molecule has 0 N–H and O–H groups in total. The van der Waals surface area contributed by atoms with Gasteiger partial charge >= 0.3 is 24.1 Å². The standard InChI is InChI=1S/C21H20N2O9/c1-10(24)29-9-15-17(30-11(2)25)18(31-12(3)26)16(19(22-4)32-15)23-20(27)13-7-5-6-8-14(13)21(23)28/h5-8,15-19H,9H2,1-3H3/t15-,16-,17-,18-,19-/m1/s1. The van der Waals surface area contributed by atoms with Crippen molar-refractivity contribution in [2.24, 2.45) is 0 Å². The maximum Gasteiger partial charge on any atom is 0.353 e. The SMILES string of the molecule is [C-]#[N+][C@@H]1O[C@H](COC(C)=O)[C@@H](OC(C)=O)[C@H](OC(C)=O)[C@H]1N1C(=O)c2ccccc2C1=O. The number of ether oxygens (including phenoxy) is 4. The summed E-state index contributed by atoms with van der Waals surface area (Å²) in [5, 5.41) is 0. The molecule has 1 aromatic rings. The predicted octanol–water partition coefficient (Wildman–Crippen LogP) is 0.722. The van der Waals surface area contributed by atoms with Gasteiger partial charge in [0.15, 0.2) is 18.2 Å². The summed E-state index contributed by atoms with van der Waals surface area (Å²) in [6, 6.07) is 4.66. The first-order valence-electron chi connectivity index (χ1n) is 9.62. The molecule has 11 nitrogen and oxygen atoms in total.